The molecule has 1 atom stereocenters. The quantitative estimate of drug-likeness (QED) is 0.864. The largest absolute Gasteiger partial charge is 0.349 e. The summed E-state index contributed by atoms with van der Waals surface area (Å²) in [6.45, 7) is 1.92. The number of aromatic nitrogens is 2. The summed E-state index contributed by atoms with van der Waals surface area (Å²) in [5, 5.41) is 4.43. The summed E-state index contributed by atoms with van der Waals surface area (Å²) in [5.41, 5.74) is 0.921. The maximum Gasteiger partial charge on any atom is 0.230 e. The Morgan fingerprint density at radius 3 is 2.90 bits per heavy atom. The van der Waals surface area contributed by atoms with Crippen molar-refractivity contribution in [3.8, 4) is 0 Å². The van der Waals surface area contributed by atoms with E-state index < -0.39 is 0 Å². The van der Waals surface area contributed by atoms with E-state index in [9.17, 15) is 4.79 Å². The summed E-state index contributed by atoms with van der Waals surface area (Å²) in [4.78, 5) is 16.1. The lowest BCUT2D eigenvalue weighted by Crippen LogP contribution is -2.28. The maximum absolute atomic E-state index is 11.9. The molecular weight excluding hydrogens is 294 g/mol. The minimum atomic E-state index is -0.113. The maximum atomic E-state index is 11.9. The average Bonchev–Trinajstić information content (AvgIpc) is 2.82. The molecule has 1 aromatic carbocycles. The van der Waals surface area contributed by atoms with Gasteiger partial charge in [-0.3, -0.25) is 4.79 Å². The van der Waals surface area contributed by atoms with Crippen molar-refractivity contribution in [2.45, 2.75) is 18.1 Å². The molecule has 20 heavy (non-hydrogen) atoms. The van der Waals surface area contributed by atoms with Crippen LogP contribution in [0.4, 0.5) is 0 Å². The van der Waals surface area contributed by atoms with Crippen molar-refractivity contribution in [1.29, 1.82) is 0 Å². The number of aryl methyl sites for hydroxylation is 1. The topological polar surface area (TPSA) is 46.9 Å². The Morgan fingerprint density at radius 1 is 1.50 bits per heavy atom. The third-order valence-corrected chi connectivity index (χ3v) is 4.26. The Kier molecular flexibility index (Phi) is 5.09. The number of hydrogen-bond donors (Lipinski definition) is 1. The smallest absolute Gasteiger partial charge is 0.230 e. The first-order valence-electron chi connectivity index (χ1n) is 6.22. The van der Waals surface area contributed by atoms with Gasteiger partial charge in [-0.15, -0.1) is 0 Å². The number of amides is 1. The molecule has 0 fully saturated rings. The van der Waals surface area contributed by atoms with Gasteiger partial charge in [0.15, 0.2) is 5.16 Å². The summed E-state index contributed by atoms with van der Waals surface area (Å²) in [5.74, 6) is 0.296. The normalized spacial score (nSPS) is 12.2. The van der Waals surface area contributed by atoms with E-state index >= 15 is 0 Å². The van der Waals surface area contributed by atoms with Crippen LogP contribution in [0.1, 0.15) is 18.5 Å². The van der Waals surface area contributed by atoms with E-state index in [-0.39, 0.29) is 11.9 Å². The molecule has 0 spiro atoms. The molecule has 1 aromatic heterocycles. The number of halogens is 1. The van der Waals surface area contributed by atoms with Gasteiger partial charge in [-0.1, -0.05) is 41.6 Å². The zero-order chi connectivity index (χ0) is 14.5. The van der Waals surface area contributed by atoms with Gasteiger partial charge in [0.05, 0.1) is 11.8 Å². The van der Waals surface area contributed by atoms with Gasteiger partial charge in [-0.2, -0.15) is 0 Å². The molecule has 2 aromatic rings. The minimum absolute atomic E-state index is 0.0366. The van der Waals surface area contributed by atoms with Crippen molar-refractivity contribution >= 4 is 29.3 Å². The van der Waals surface area contributed by atoms with Gasteiger partial charge in [-0.05, 0) is 18.6 Å². The highest BCUT2D eigenvalue weighted by Gasteiger charge is 2.13. The monoisotopic (exact) mass is 309 g/mol. The van der Waals surface area contributed by atoms with Crippen LogP contribution in [0.25, 0.3) is 0 Å². The van der Waals surface area contributed by atoms with Crippen molar-refractivity contribution < 1.29 is 4.79 Å². The Balaban J connectivity index is 1.88. The number of imidazole rings is 1. The second kappa shape index (κ2) is 6.81. The lowest BCUT2D eigenvalue weighted by Gasteiger charge is -2.15. The van der Waals surface area contributed by atoms with Crippen molar-refractivity contribution in [2.24, 2.45) is 7.05 Å². The molecule has 106 valence electrons. The molecule has 0 bridgehead atoms. The first-order chi connectivity index (χ1) is 9.58. The van der Waals surface area contributed by atoms with E-state index in [2.05, 4.69) is 10.3 Å². The van der Waals surface area contributed by atoms with Crippen molar-refractivity contribution in [2.75, 3.05) is 5.75 Å². The number of nitrogens with zero attached hydrogens (tertiary/aromatic N) is 2. The molecule has 2 rings (SSSR count). The Morgan fingerprint density at radius 2 is 2.25 bits per heavy atom. The standard InChI is InChI=1S/C14H16ClN3OS/c1-10(11-5-3-4-6-12(11)15)17-13(19)9-20-14-16-7-8-18(14)2/h3-8,10H,9H2,1-2H3,(H,17,19)/t10-/m0/s1. The van der Waals surface area contributed by atoms with E-state index in [1.165, 1.54) is 11.8 Å². The van der Waals surface area contributed by atoms with Crippen LogP contribution in [0.3, 0.4) is 0 Å². The SMILES string of the molecule is C[C@H](NC(=O)CSc1nccn1C)c1ccccc1Cl. The lowest BCUT2D eigenvalue weighted by atomic mass is 10.1. The highest BCUT2D eigenvalue weighted by molar-refractivity contribution is 7.99. The molecule has 0 aliphatic carbocycles. The molecule has 0 aliphatic rings. The molecule has 0 unspecified atom stereocenters. The second-order valence-corrected chi connectivity index (χ2v) is 5.77. The van der Waals surface area contributed by atoms with Crippen LogP contribution < -0.4 is 5.32 Å². The Hall–Kier alpha value is -1.46. The van der Waals surface area contributed by atoms with E-state index in [1.54, 1.807) is 6.20 Å². The molecule has 1 N–H and O–H groups in total. The molecule has 6 heteroatoms. The lowest BCUT2D eigenvalue weighted by molar-refractivity contribution is -0.119. The van der Waals surface area contributed by atoms with Crippen LogP contribution in [0.2, 0.25) is 5.02 Å². The fraction of sp³-hybridized carbons (Fsp3) is 0.286. The van der Waals surface area contributed by atoms with Crippen molar-refractivity contribution in [3.63, 3.8) is 0 Å². The second-order valence-electron chi connectivity index (χ2n) is 4.42. The number of thioether (sulfide) groups is 1. The van der Waals surface area contributed by atoms with Crippen LogP contribution in [-0.2, 0) is 11.8 Å². The molecule has 1 amide bonds. The van der Waals surface area contributed by atoms with Gasteiger partial charge < -0.3 is 9.88 Å². The molecule has 0 saturated heterocycles. The molecular formula is C14H16ClN3OS. The third-order valence-electron chi connectivity index (χ3n) is 2.86. The minimum Gasteiger partial charge on any atom is -0.349 e. The molecule has 0 saturated carbocycles. The summed E-state index contributed by atoms with van der Waals surface area (Å²) < 4.78 is 1.88. The van der Waals surface area contributed by atoms with Crippen LogP contribution in [-0.4, -0.2) is 21.2 Å². The van der Waals surface area contributed by atoms with Crippen LogP contribution in [0.15, 0.2) is 41.8 Å². The Labute approximate surface area is 127 Å². The highest BCUT2D eigenvalue weighted by atomic mass is 35.5. The van der Waals surface area contributed by atoms with Gasteiger partial charge in [-0.25, -0.2) is 4.98 Å². The van der Waals surface area contributed by atoms with Gasteiger partial charge in [0, 0.05) is 24.5 Å². The van der Waals surface area contributed by atoms with E-state index in [0.717, 1.165) is 10.7 Å². The summed E-state index contributed by atoms with van der Waals surface area (Å²) in [6, 6.07) is 7.41. The van der Waals surface area contributed by atoms with E-state index in [4.69, 9.17) is 11.6 Å². The molecule has 4 nitrogen and oxygen atoms in total. The average molecular weight is 310 g/mol. The zero-order valence-corrected chi connectivity index (χ0v) is 12.9. The van der Waals surface area contributed by atoms with Crippen LogP contribution in [0, 0.1) is 0 Å². The van der Waals surface area contributed by atoms with Gasteiger partial charge in [0.25, 0.3) is 0 Å². The predicted octanol–water partition coefficient (Wildman–Crippen LogP) is 3.04. The van der Waals surface area contributed by atoms with E-state index in [0.29, 0.717) is 10.8 Å². The van der Waals surface area contributed by atoms with Gasteiger partial charge in [0.1, 0.15) is 0 Å². The first kappa shape index (κ1) is 14.9. The van der Waals surface area contributed by atoms with Crippen molar-refractivity contribution in [3.05, 3.63) is 47.2 Å². The van der Waals surface area contributed by atoms with Crippen LogP contribution in [0.5, 0.6) is 0 Å². The predicted molar refractivity (Wildman–Crippen MR) is 81.9 cm³/mol. The number of benzene rings is 1. The van der Waals surface area contributed by atoms with Crippen LogP contribution >= 0.6 is 23.4 Å². The molecule has 1 heterocycles. The third kappa shape index (κ3) is 3.77. The van der Waals surface area contributed by atoms with Gasteiger partial charge >= 0.3 is 0 Å². The first-order valence-corrected chi connectivity index (χ1v) is 7.58. The zero-order valence-electron chi connectivity index (χ0n) is 11.3. The fourth-order valence-electron chi connectivity index (χ4n) is 1.81. The highest BCUT2D eigenvalue weighted by Crippen LogP contribution is 2.22. The van der Waals surface area contributed by atoms with Crippen molar-refractivity contribution in [1.82, 2.24) is 14.9 Å². The number of hydrogen-bond acceptors (Lipinski definition) is 3. The fourth-order valence-corrected chi connectivity index (χ4v) is 2.85. The van der Waals surface area contributed by atoms with E-state index in [1.807, 2.05) is 49.0 Å². The number of carbonyl (C=O) groups is 1. The van der Waals surface area contributed by atoms with Gasteiger partial charge in [0.2, 0.25) is 5.91 Å². The summed E-state index contributed by atoms with van der Waals surface area (Å²) in [7, 11) is 1.90. The number of nitrogens with one attached hydrogen (secondary N) is 1. The summed E-state index contributed by atoms with van der Waals surface area (Å²) in [6.07, 6.45) is 3.57. The summed E-state index contributed by atoms with van der Waals surface area (Å²) >= 11 is 7.52. The number of carbonyl (C=O) groups excluding carboxylic acids is 1. The molecule has 0 radical (unpaired) electrons. The molecule has 0 aliphatic heterocycles. The number of rotatable bonds is 5. The Bertz CT molecular complexity index is 600.